The summed E-state index contributed by atoms with van der Waals surface area (Å²) in [7, 11) is 0. The second-order valence-corrected chi connectivity index (χ2v) is 5.40. The smallest absolute Gasteiger partial charge is 0.254 e. The molecule has 128 valence electrons. The maximum Gasteiger partial charge on any atom is 0.254 e. The van der Waals surface area contributed by atoms with Crippen LogP contribution in [0.25, 0.3) is 11.3 Å². The molecule has 1 heterocycles. The number of hydrogen-bond donors (Lipinski definition) is 1. The van der Waals surface area contributed by atoms with E-state index >= 15 is 0 Å². The lowest BCUT2D eigenvalue weighted by atomic mass is 10.1. The van der Waals surface area contributed by atoms with Gasteiger partial charge < -0.3 is 10.1 Å². The molecule has 2 aromatic rings. The summed E-state index contributed by atoms with van der Waals surface area (Å²) in [6, 6.07) is 8.83. The molecule has 0 saturated heterocycles. The van der Waals surface area contributed by atoms with Crippen molar-refractivity contribution in [2.45, 2.75) is 33.2 Å². The van der Waals surface area contributed by atoms with E-state index in [4.69, 9.17) is 4.74 Å². The summed E-state index contributed by atoms with van der Waals surface area (Å²) < 4.78 is 6.70. The Labute approximate surface area is 141 Å². The Hall–Kier alpha value is -2.63. The van der Waals surface area contributed by atoms with Gasteiger partial charge in [0.15, 0.2) is 0 Å². The molecule has 1 N–H and O–H groups in total. The minimum Gasteiger partial charge on any atom is -0.494 e. The zero-order chi connectivity index (χ0) is 17.4. The summed E-state index contributed by atoms with van der Waals surface area (Å²) in [6.45, 7) is 5.20. The van der Waals surface area contributed by atoms with Gasteiger partial charge >= 0.3 is 0 Å². The number of carbonyl (C=O) groups is 1. The number of aromatic nitrogens is 2. The molecule has 2 rings (SSSR count). The van der Waals surface area contributed by atoms with E-state index in [0.717, 1.165) is 24.2 Å². The number of hydrogen-bond acceptors (Lipinski definition) is 4. The third-order valence-electron chi connectivity index (χ3n) is 3.51. The van der Waals surface area contributed by atoms with Crippen molar-refractivity contribution >= 4 is 5.91 Å². The summed E-state index contributed by atoms with van der Waals surface area (Å²) in [6.07, 6.45) is 3.35. The molecule has 24 heavy (non-hydrogen) atoms. The van der Waals surface area contributed by atoms with Crippen molar-refractivity contribution in [2.75, 3.05) is 13.2 Å². The Morgan fingerprint density at radius 3 is 2.62 bits per heavy atom. The largest absolute Gasteiger partial charge is 0.494 e. The number of ether oxygens (including phenoxy) is 1. The van der Waals surface area contributed by atoms with Crippen LogP contribution in [0.15, 0.2) is 41.5 Å². The highest BCUT2D eigenvalue weighted by molar-refractivity contribution is 5.75. The van der Waals surface area contributed by atoms with Crippen molar-refractivity contribution in [3.8, 4) is 17.0 Å². The normalized spacial score (nSPS) is 10.4. The molecule has 0 radical (unpaired) electrons. The number of nitrogens with one attached hydrogen (secondary N) is 1. The molecule has 6 heteroatoms. The number of nitrogens with zero attached hydrogens (tertiary/aromatic N) is 2. The topological polar surface area (TPSA) is 73.2 Å². The van der Waals surface area contributed by atoms with Crippen LogP contribution >= 0.6 is 0 Å². The molecule has 0 unspecified atom stereocenters. The van der Waals surface area contributed by atoms with Gasteiger partial charge in [-0.25, -0.2) is 4.98 Å². The molecule has 0 fully saturated rings. The molecule has 1 amide bonds. The standard InChI is InChI=1S/C18H23N3O3/c1-3-5-10-19-17(22)12-21-13-20-16(11-18(21)23)14-6-8-15(9-7-14)24-4-2/h6-9,11,13H,3-5,10,12H2,1-2H3,(H,19,22). The first-order valence-electron chi connectivity index (χ1n) is 8.20. The van der Waals surface area contributed by atoms with E-state index in [2.05, 4.69) is 17.2 Å². The molecule has 1 aromatic heterocycles. The van der Waals surface area contributed by atoms with Crippen molar-refractivity contribution in [3.05, 3.63) is 47.0 Å². The molecule has 1 aromatic carbocycles. The number of unbranched alkanes of at least 4 members (excludes halogenated alkanes) is 1. The Balaban J connectivity index is 2.06. The fourth-order valence-corrected chi connectivity index (χ4v) is 2.21. The van der Waals surface area contributed by atoms with Crippen LogP contribution in [-0.4, -0.2) is 28.6 Å². The lowest BCUT2D eigenvalue weighted by molar-refractivity contribution is -0.121. The highest BCUT2D eigenvalue weighted by atomic mass is 16.5. The zero-order valence-corrected chi connectivity index (χ0v) is 14.1. The van der Waals surface area contributed by atoms with E-state index in [1.54, 1.807) is 0 Å². The monoisotopic (exact) mass is 329 g/mol. The van der Waals surface area contributed by atoms with E-state index in [0.29, 0.717) is 18.8 Å². The van der Waals surface area contributed by atoms with Crippen molar-refractivity contribution in [1.82, 2.24) is 14.9 Å². The average Bonchev–Trinajstić information content (AvgIpc) is 2.58. The van der Waals surface area contributed by atoms with Crippen LogP contribution in [0, 0.1) is 0 Å². The van der Waals surface area contributed by atoms with Crippen molar-refractivity contribution in [1.29, 1.82) is 0 Å². The molecular formula is C18H23N3O3. The second-order valence-electron chi connectivity index (χ2n) is 5.40. The molecule has 0 atom stereocenters. The average molecular weight is 329 g/mol. The van der Waals surface area contributed by atoms with Crippen LogP contribution in [0.1, 0.15) is 26.7 Å². The van der Waals surface area contributed by atoms with Crippen LogP contribution in [0.2, 0.25) is 0 Å². The highest BCUT2D eigenvalue weighted by Crippen LogP contribution is 2.19. The summed E-state index contributed by atoms with van der Waals surface area (Å²) in [5.74, 6) is 0.597. The second kappa shape index (κ2) is 8.86. The summed E-state index contributed by atoms with van der Waals surface area (Å²) >= 11 is 0. The zero-order valence-electron chi connectivity index (χ0n) is 14.1. The molecule has 0 bridgehead atoms. The quantitative estimate of drug-likeness (QED) is 0.754. The predicted molar refractivity (Wildman–Crippen MR) is 93.0 cm³/mol. The van der Waals surface area contributed by atoms with Gasteiger partial charge in [0.2, 0.25) is 5.91 Å². The van der Waals surface area contributed by atoms with Crippen molar-refractivity contribution in [3.63, 3.8) is 0 Å². The third kappa shape index (κ3) is 4.94. The van der Waals surface area contributed by atoms with Gasteiger partial charge in [-0.15, -0.1) is 0 Å². The molecule has 0 aliphatic carbocycles. The minimum absolute atomic E-state index is 0.0148. The number of carbonyl (C=O) groups excluding carboxylic acids is 1. The van der Waals surface area contributed by atoms with Gasteiger partial charge in [0.05, 0.1) is 18.6 Å². The summed E-state index contributed by atoms with van der Waals surface area (Å²) in [5.41, 5.74) is 1.15. The molecular weight excluding hydrogens is 306 g/mol. The molecule has 0 aliphatic heterocycles. The first-order chi connectivity index (χ1) is 11.6. The Kier molecular flexibility index (Phi) is 6.54. The third-order valence-corrected chi connectivity index (χ3v) is 3.51. The lowest BCUT2D eigenvalue weighted by Gasteiger charge is -2.08. The van der Waals surface area contributed by atoms with Crippen LogP contribution in [0.3, 0.4) is 0 Å². The lowest BCUT2D eigenvalue weighted by Crippen LogP contribution is -2.32. The van der Waals surface area contributed by atoms with Gasteiger partial charge in [0, 0.05) is 18.2 Å². The van der Waals surface area contributed by atoms with Gasteiger partial charge in [0.1, 0.15) is 12.3 Å². The van der Waals surface area contributed by atoms with Crippen molar-refractivity contribution in [2.24, 2.45) is 0 Å². The van der Waals surface area contributed by atoms with E-state index in [1.165, 1.54) is 17.0 Å². The maximum absolute atomic E-state index is 12.2. The number of amides is 1. The molecule has 6 nitrogen and oxygen atoms in total. The van der Waals surface area contributed by atoms with E-state index in [-0.39, 0.29) is 18.0 Å². The van der Waals surface area contributed by atoms with Gasteiger partial charge in [0.25, 0.3) is 5.56 Å². The predicted octanol–water partition coefficient (Wildman–Crippen LogP) is 2.23. The first-order valence-corrected chi connectivity index (χ1v) is 8.20. The van der Waals surface area contributed by atoms with Crippen molar-refractivity contribution < 1.29 is 9.53 Å². The van der Waals surface area contributed by atoms with Gasteiger partial charge in [-0.1, -0.05) is 13.3 Å². The SMILES string of the molecule is CCCCNC(=O)Cn1cnc(-c2ccc(OCC)cc2)cc1=O. The van der Waals surface area contributed by atoms with Gasteiger partial charge in [-0.2, -0.15) is 0 Å². The number of benzene rings is 1. The maximum atomic E-state index is 12.2. The Morgan fingerprint density at radius 2 is 2.00 bits per heavy atom. The Bertz CT molecular complexity index is 723. The molecule has 0 saturated carbocycles. The van der Waals surface area contributed by atoms with Crippen LogP contribution in [-0.2, 0) is 11.3 Å². The molecule has 0 spiro atoms. The van der Waals surface area contributed by atoms with Gasteiger partial charge in [-0.05, 0) is 37.6 Å². The minimum atomic E-state index is -0.250. The fraction of sp³-hybridized carbons (Fsp3) is 0.389. The first kappa shape index (κ1) is 17.7. The summed E-state index contributed by atoms with van der Waals surface area (Å²) in [5, 5.41) is 2.78. The fourth-order valence-electron chi connectivity index (χ4n) is 2.21. The molecule has 0 aliphatic rings. The van der Waals surface area contributed by atoms with Crippen LogP contribution in [0.4, 0.5) is 0 Å². The van der Waals surface area contributed by atoms with Crippen LogP contribution in [0.5, 0.6) is 5.75 Å². The summed E-state index contributed by atoms with van der Waals surface area (Å²) in [4.78, 5) is 28.2. The van der Waals surface area contributed by atoms with E-state index in [9.17, 15) is 9.59 Å². The Morgan fingerprint density at radius 1 is 1.25 bits per heavy atom. The van der Waals surface area contributed by atoms with Gasteiger partial charge in [-0.3, -0.25) is 14.2 Å². The number of rotatable bonds is 8. The van der Waals surface area contributed by atoms with E-state index < -0.39 is 0 Å². The van der Waals surface area contributed by atoms with Crippen LogP contribution < -0.4 is 15.6 Å². The van der Waals surface area contributed by atoms with E-state index in [1.807, 2.05) is 31.2 Å². The highest BCUT2D eigenvalue weighted by Gasteiger charge is 2.07.